The lowest BCUT2D eigenvalue weighted by Crippen LogP contribution is -2.30. The number of thiazole rings is 1. The number of carbonyl (C=O) groups is 2. The fourth-order valence-corrected chi connectivity index (χ4v) is 5.40. The number of hydrogen-bond donors (Lipinski definition) is 1. The van der Waals surface area contributed by atoms with Crippen molar-refractivity contribution in [2.75, 3.05) is 26.1 Å². The highest BCUT2D eigenvalue weighted by Gasteiger charge is 2.26. The monoisotopic (exact) mass is 483 g/mol. The number of ether oxygens (including phenoxy) is 1. The van der Waals surface area contributed by atoms with Gasteiger partial charge in [-0.15, -0.1) is 11.3 Å². The molecule has 8 nitrogen and oxygen atoms in total. The third kappa shape index (κ3) is 5.15. The summed E-state index contributed by atoms with van der Waals surface area (Å²) in [6, 6.07) is 3.45. The lowest BCUT2D eigenvalue weighted by Gasteiger charge is -2.25. The number of amides is 2. The number of carbonyl (C=O) groups excluding carboxylic acids is 2. The number of anilines is 1. The SMILES string of the molecule is COCCn1cnc2cc(NC(=O)C3CCCCC3)cc(C(=O)N(C)C(C)c3nc(C)cs3)c21. The minimum absolute atomic E-state index is 0.0243. The molecule has 1 aliphatic rings. The largest absolute Gasteiger partial charge is 0.383 e. The van der Waals surface area contributed by atoms with Crippen molar-refractivity contribution >= 4 is 39.9 Å². The van der Waals surface area contributed by atoms with Crippen molar-refractivity contribution < 1.29 is 14.3 Å². The number of methoxy groups -OCH3 is 1. The van der Waals surface area contributed by atoms with Crippen LogP contribution >= 0.6 is 11.3 Å². The van der Waals surface area contributed by atoms with E-state index in [1.807, 2.05) is 29.9 Å². The summed E-state index contributed by atoms with van der Waals surface area (Å²) in [5.41, 5.74) is 3.47. The lowest BCUT2D eigenvalue weighted by molar-refractivity contribution is -0.120. The molecule has 0 spiro atoms. The van der Waals surface area contributed by atoms with E-state index in [4.69, 9.17) is 4.74 Å². The fraction of sp³-hybridized carbons (Fsp3) is 0.520. The number of rotatable bonds is 8. The van der Waals surface area contributed by atoms with Gasteiger partial charge >= 0.3 is 0 Å². The van der Waals surface area contributed by atoms with E-state index in [-0.39, 0.29) is 23.8 Å². The van der Waals surface area contributed by atoms with Gasteiger partial charge in [0.25, 0.3) is 5.91 Å². The minimum Gasteiger partial charge on any atom is -0.383 e. The Morgan fingerprint density at radius 3 is 2.74 bits per heavy atom. The molecule has 1 saturated carbocycles. The molecule has 0 bridgehead atoms. The molecule has 1 fully saturated rings. The molecule has 1 atom stereocenters. The topological polar surface area (TPSA) is 89.3 Å². The van der Waals surface area contributed by atoms with Crippen LogP contribution in [0.5, 0.6) is 0 Å². The molecule has 1 N–H and O–H groups in total. The van der Waals surface area contributed by atoms with Crippen LogP contribution in [0.2, 0.25) is 0 Å². The van der Waals surface area contributed by atoms with Crippen LogP contribution in [-0.4, -0.2) is 52.0 Å². The van der Waals surface area contributed by atoms with Gasteiger partial charge in [0, 0.05) is 43.4 Å². The van der Waals surface area contributed by atoms with Crippen molar-refractivity contribution in [3.05, 3.63) is 40.1 Å². The number of nitrogens with zero attached hydrogens (tertiary/aromatic N) is 4. The van der Waals surface area contributed by atoms with Crippen molar-refractivity contribution in [3.63, 3.8) is 0 Å². The van der Waals surface area contributed by atoms with Crippen LogP contribution in [0.15, 0.2) is 23.8 Å². The summed E-state index contributed by atoms with van der Waals surface area (Å²) >= 11 is 1.55. The predicted molar refractivity (Wildman–Crippen MR) is 134 cm³/mol. The van der Waals surface area contributed by atoms with E-state index in [2.05, 4.69) is 15.3 Å². The first-order valence-electron chi connectivity index (χ1n) is 11.9. The molecule has 2 amide bonds. The fourth-order valence-electron chi connectivity index (χ4n) is 4.51. The van der Waals surface area contributed by atoms with E-state index in [0.717, 1.165) is 41.9 Å². The van der Waals surface area contributed by atoms with Crippen LogP contribution in [0.3, 0.4) is 0 Å². The molecular formula is C25H33N5O3S. The Kier molecular flexibility index (Phi) is 7.63. The summed E-state index contributed by atoms with van der Waals surface area (Å²) < 4.78 is 7.18. The summed E-state index contributed by atoms with van der Waals surface area (Å²) in [5, 5.41) is 5.94. The first-order chi connectivity index (χ1) is 16.4. The number of nitrogens with one attached hydrogen (secondary N) is 1. The van der Waals surface area contributed by atoms with E-state index >= 15 is 0 Å². The summed E-state index contributed by atoms with van der Waals surface area (Å²) in [4.78, 5) is 37.5. The summed E-state index contributed by atoms with van der Waals surface area (Å²) in [7, 11) is 3.44. The second-order valence-corrected chi connectivity index (χ2v) is 9.96. The van der Waals surface area contributed by atoms with E-state index in [9.17, 15) is 9.59 Å². The molecule has 0 saturated heterocycles. The molecule has 0 aliphatic heterocycles. The van der Waals surface area contributed by atoms with Gasteiger partial charge in [-0.2, -0.15) is 0 Å². The van der Waals surface area contributed by atoms with Gasteiger partial charge in [0.1, 0.15) is 5.01 Å². The maximum Gasteiger partial charge on any atom is 0.256 e. The Morgan fingerprint density at radius 2 is 2.06 bits per heavy atom. The quantitative estimate of drug-likeness (QED) is 0.497. The zero-order valence-corrected chi connectivity index (χ0v) is 21.2. The first kappa shape index (κ1) is 24.3. The van der Waals surface area contributed by atoms with Gasteiger partial charge in [0.15, 0.2) is 0 Å². The molecule has 4 rings (SSSR count). The van der Waals surface area contributed by atoms with E-state index in [0.29, 0.717) is 29.9 Å². The average molecular weight is 484 g/mol. The standard InChI is InChI=1S/C25H33N5O3S/c1-16-14-34-24(27-16)17(2)29(3)25(32)20-12-19(28-23(31)18-8-6-5-7-9-18)13-21-22(20)30(15-26-21)10-11-33-4/h12-15,17-18H,5-11H2,1-4H3,(H,28,31). The van der Waals surface area contributed by atoms with Gasteiger partial charge in [0.05, 0.1) is 35.6 Å². The van der Waals surface area contributed by atoms with Crippen LogP contribution in [0.1, 0.15) is 66.1 Å². The zero-order valence-electron chi connectivity index (χ0n) is 20.3. The van der Waals surface area contributed by atoms with E-state index in [1.165, 1.54) is 6.42 Å². The Balaban J connectivity index is 1.68. The van der Waals surface area contributed by atoms with Crippen molar-refractivity contribution in [3.8, 4) is 0 Å². The van der Waals surface area contributed by atoms with Gasteiger partial charge in [-0.05, 0) is 38.8 Å². The summed E-state index contributed by atoms with van der Waals surface area (Å²) in [6.45, 7) is 5.01. The van der Waals surface area contributed by atoms with E-state index < -0.39 is 0 Å². The Labute approximate surface area is 204 Å². The third-order valence-electron chi connectivity index (χ3n) is 6.62. The number of hydrogen-bond acceptors (Lipinski definition) is 6. The van der Waals surface area contributed by atoms with Gasteiger partial charge in [-0.25, -0.2) is 9.97 Å². The second kappa shape index (κ2) is 10.7. The normalized spacial score (nSPS) is 15.4. The van der Waals surface area contributed by atoms with Gasteiger partial charge in [-0.1, -0.05) is 19.3 Å². The van der Waals surface area contributed by atoms with Gasteiger partial charge in [-0.3, -0.25) is 9.59 Å². The molecule has 3 aromatic rings. The number of aryl methyl sites for hydroxylation is 1. The highest BCUT2D eigenvalue weighted by molar-refractivity contribution is 7.09. The number of imidazole rings is 1. The van der Waals surface area contributed by atoms with Crippen LogP contribution in [0.4, 0.5) is 5.69 Å². The summed E-state index contributed by atoms with van der Waals surface area (Å²) in [6.07, 6.45) is 6.92. The van der Waals surface area contributed by atoms with Crippen molar-refractivity contribution in [2.24, 2.45) is 5.92 Å². The van der Waals surface area contributed by atoms with Crippen LogP contribution in [0.25, 0.3) is 11.0 Å². The highest BCUT2D eigenvalue weighted by Crippen LogP contribution is 2.30. The van der Waals surface area contributed by atoms with E-state index in [1.54, 1.807) is 42.8 Å². The summed E-state index contributed by atoms with van der Waals surface area (Å²) in [5.74, 6) is -0.0896. The molecule has 2 heterocycles. The Morgan fingerprint density at radius 1 is 1.29 bits per heavy atom. The number of benzene rings is 1. The van der Waals surface area contributed by atoms with Crippen LogP contribution in [-0.2, 0) is 16.1 Å². The smallest absolute Gasteiger partial charge is 0.256 e. The Hall–Kier alpha value is -2.78. The van der Waals surface area contributed by atoms with Gasteiger partial charge in [0.2, 0.25) is 5.91 Å². The molecule has 182 valence electrons. The van der Waals surface area contributed by atoms with Crippen molar-refractivity contribution in [1.29, 1.82) is 0 Å². The maximum atomic E-state index is 13.8. The lowest BCUT2D eigenvalue weighted by atomic mass is 9.88. The third-order valence-corrected chi connectivity index (χ3v) is 7.75. The van der Waals surface area contributed by atoms with Gasteiger partial charge < -0.3 is 19.5 Å². The highest BCUT2D eigenvalue weighted by atomic mass is 32.1. The number of fused-ring (bicyclic) bond motifs is 1. The molecule has 1 aliphatic carbocycles. The molecular weight excluding hydrogens is 450 g/mol. The van der Waals surface area contributed by atoms with Crippen molar-refractivity contribution in [2.45, 2.75) is 58.5 Å². The van der Waals surface area contributed by atoms with Crippen LogP contribution in [0, 0.1) is 12.8 Å². The molecule has 9 heteroatoms. The number of aromatic nitrogens is 3. The minimum atomic E-state index is -0.183. The molecule has 0 radical (unpaired) electrons. The maximum absolute atomic E-state index is 13.8. The average Bonchev–Trinajstić information content (AvgIpc) is 3.47. The van der Waals surface area contributed by atoms with Crippen LogP contribution < -0.4 is 5.32 Å². The Bertz CT molecular complexity index is 1160. The predicted octanol–water partition coefficient (Wildman–Crippen LogP) is 4.80. The molecule has 1 aromatic carbocycles. The zero-order chi connectivity index (χ0) is 24.2. The molecule has 34 heavy (non-hydrogen) atoms. The second-order valence-electron chi connectivity index (χ2n) is 9.07. The van der Waals surface area contributed by atoms with Crippen molar-refractivity contribution in [1.82, 2.24) is 19.4 Å². The molecule has 2 aromatic heterocycles. The molecule has 1 unspecified atom stereocenters. The first-order valence-corrected chi connectivity index (χ1v) is 12.7.